The first-order valence-electron chi connectivity index (χ1n) is 6.94. The average molecular weight is 296 g/mol. The summed E-state index contributed by atoms with van der Waals surface area (Å²) in [6.07, 6.45) is 0. The first kappa shape index (κ1) is 17.1. The summed E-state index contributed by atoms with van der Waals surface area (Å²) in [7, 11) is 1.74. The fourth-order valence-corrected chi connectivity index (χ4v) is 1.91. The van der Waals surface area contributed by atoms with Crippen LogP contribution < -0.4 is 15.5 Å². The summed E-state index contributed by atoms with van der Waals surface area (Å²) < 4.78 is 13.5. The van der Waals surface area contributed by atoms with Gasteiger partial charge in [-0.3, -0.25) is 9.59 Å². The van der Waals surface area contributed by atoms with Gasteiger partial charge >= 0.3 is 0 Å². The lowest BCUT2D eigenvalue weighted by Crippen LogP contribution is -3.11. The number of benzene rings is 1. The van der Waals surface area contributed by atoms with Crippen molar-refractivity contribution >= 4 is 17.5 Å². The van der Waals surface area contributed by atoms with Gasteiger partial charge in [0, 0.05) is 6.04 Å². The Labute approximate surface area is 124 Å². The van der Waals surface area contributed by atoms with Gasteiger partial charge in [0.1, 0.15) is 5.82 Å². The van der Waals surface area contributed by atoms with Crippen LogP contribution in [0, 0.1) is 12.7 Å². The van der Waals surface area contributed by atoms with Crippen molar-refractivity contribution < 1.29 is 18.9 Å². The van der Waals surface area contributed by atoms with Gasteiger partial charge in [0.05, 0.1) is 12.7 Å². The van der Waals surface area contributed by atoms with Crippen LogP contribution in [0.25, 0.3) is 0 Å². The second-order valence-electron chi connectivity index (χ2n) is 5.56. The highest BCUT2D eigenvalue weighted by molar-refractivity contribution is 5.91. The van der Waals surface area contributed by atoms with Crippen LogP contribution in [0.1, 0.15) is 19.4 Å². The Morgan fingerprint density at radius 2 is 1.86 bits per heavy atom. The molecule has 0 heterocycles. The van der Waals surface area contributed by atoms with Gasteiger partial charge in [-0.25, -0.2) is 4.39 Å². The molecule has 0 aliphatic carbocycles. The summed E-state index contributed by atoms with van der Waals surface area (Å²) in [5, 5.41) is 5.29. The molecular weight excluding hydrogens is 273 g/mol. The first-order chi connectivity index (χ1) is 9.77. The molecule has 1 aromatic rings. The lowest BCUT2D eigenvalue weighted by Gasteiger charge is -2.15. The highest BCUT2D eigenvalue weighted by atomic mass is 19.1. The van der Waals surface area contributed by atoms with Gasteiger partial charge in [-0.05, 0) is 38.5 Å². The molecule has 1 rings (SSSR count). The smallest absolute Gasteiger partial charge is 0.279 e. The van der Waals surface area contributed by atoms with Gasteiger partial charge in [0.25, 0.3) is 11.8 Å². The zero-order chi connectivity index (χ0) is 16.0. The van der Waals surface area contributed by atoms with E-state index in [-0.39, 0.29) is 36.6 Å². The molecule has 5 nitrogen and oxygen atoms in total. The van der Waals surface area contributed by atoms with E-state index in [4.69, 9.17) is 0 Å². The van der Waals surface area contributed by atoms with Crippen molar-refractivity contribution in [3.8, 4) is 0 Å². The van der Waals surface area contributed by atoms with E-state index in [2.05, 4.69) is 10.6 Å². The van der Waals surface area contributed by atoms with Crippen LogP contribution in [0.15, 0.2) is 18.2 Å². The molecule has 6 heteroatoms. The maximum atomic E-state index is 13.5. The maximum absolute atomic E-state index is 13.5. The third-order valence-corrected chi connectivity index (χ3v) is 2.77. The molecule has 1 atom stereocenters. The van der Waals surface area contributed by atoms with E-state index in [1.54, 1.807) is 19.2 Å². The predicted molar refractivity (Wildman–Crippen MR) is 79.7 cm³/mol. The summed E-state index contributed by atoms with van der Waals surface area (Å²) in [6, 6.07) is 4.60. The molecule has 0 aliphatic rings. The minimum atomic E-state index is -0.468. The van der Waals surface area contributed by atoms with Crippen molar-refractivity contribution in [2.24, 2.45) is 0 Å². The van der Waals surface area contributed by atoms with E-state index < -0.39 is 5.82 Å². The second-order valence-corrected chi connectivity index (χ2v) is 5.56. The van der Waals surface area contributed by atoms with E-state index in [1.165, 1.54) is 6.07 Å². The monoisotopic (exact) mass is 296 g/mol. The maximum Gasteiger partial charge on any atom is 0.279 e. The molecule has 0 aromatic heterocycles. The third kappa shape index (κ3) is 6.35. The number of hydrogen-bond donors (Lipinski definition) is 3. The van der Waals surface area contributed by atoms with E-state index in [0.29, 0.717) is 0 Å². The van der Waals surface area contributed by atoms with Gasteiger partial charge in [0.2, 0.25) is 0 Å². The summed E-state index contributed by atoms with van der Waals surface area (Å²) in [4.78, 5) is 24.2. The summed E-state index contributed by atoms with van der Waals surface area (Å²) >= 11 is 0. The summed E-state index contributed by atoms with van der Waals surface area (Å²) in [5.74, 6) is -0.907. The number of rotatable bonds is 6. The average Bonchev–Trinajstić information content (AvgIpc) is 2.32. The predicted octanol–water partition coefficient (Wildman–Crippen LogP) is 0.112. The number of carbonyl (C=O) groups is 2. The number of halogens is 1. The molecule has 0 bridgehead atoms. The van der Waals surface area contributed by atoms with Crippen molar-refractivity contribution in [2.45, 2.75) is 26.8 Å². The number of likely N-dealkylation sites (N-methyl/N-ethyl adjacent to an activating group) is 1. The molecule has 3 N–H and O–H groups in total. The van der Waals surface area contributed by atoms with Crippen molar-refractivity contribution in [1.29, 1.82) is 0 Å². The number of amides is 2. The molecule has 0 spiro atoms. The first-order valence-corrected chi connectivity index (χ1v) is 6.94. The van der Waals surface area contributed by atoms with E-state index in [1.807, 2.05) is 20.8 Å². The largest absolute Gasteiger partial charge is 0.349 e. The van der Waals surface area contributed by atoms with Crippen LogP contribution in [-0.2, 0) is 9.59 Å². The molecular formula is C15H23FN3O2+. The SMILES string of the molecule is Cc1ccc(F)c(NC(=O)C[NH+](C)CC(=O)NC(C)C)c1. The highest BCUT2D eigenvalue weighted by Gasteiger charge is 2.15. The normalized spacial score (nSPS) is 12.1. The third-order valence-electron chi connectivity index (χ3n) is 2.77. The molecule has 1 unspecified atom stereocenters. The van der Waals surface area contributed by atoms with Crippen molar-refractivity contribution in [3.05, 3.63) is 29.6 Å². The standard InChI is InChI=1S/C15H22FN3O2/c1-10(2)17-14(20)8-19(4)9-15(21)18-13-7-11(3)5-6-12(13)16/h5-7,10H,8-9H2,1-4H3,(H,17,20)(H,18,21)/p+1. The van der Waals surface area contributed by atoms with Crippen molar-refractivity contribution in [2.75, 3.05) is 25.5 Å². The van der Waals surface area contributed by atoms with Gasteiger partial charge in [-0.2, -0.15) is 0 Å². The fraction of sp³-hybridized carbons (Fsp3) is 0.467. The number of anilines is 1. The van der Waals surface area contributed by atoms with E-state index >= 15 is 0 Å². The Hall–Kier alpha value is -1.95. The second kappa shape index (κ2) is 7.73. The number of hydrogen-bond acceptors (Lipinski definition) is 2. The van der Waals surface area contributed by atoms with Crippen LogP contribution in [0.5, 0.6) is 0 Å². The Kier molecular flexibility index (Phi) is 6.30. The molecule has 0 fully saturated rings. The Balaban J connectivity index is 2.49. The van der Waals surface area contributed by atoms with Crippen LogP contribution in [-0.4, -0.2) is 38.0 Å². The van der Waals surface area contributed by atoms with Gasteiger partial charge in [-0.15, -0.1) is 0 Å². The zero-order valence-corrected chi connectivity index (χ0v) is 12.9. The molecule has 2 amide bonds. The zero-order valence-electron chi connectivity index (χ0n) is 12.9. The lowest BCUT2D eigenvalue weighted by molar-refractivity contribution is -0.862. The number of nitrogens with one attached hydrogen (secondary N) is 3. The lowest BCUT2D eigenvalue weighted by atomic mass is 10.2. The van der Waals surface area contributed by atoms with Crippen molar-refractivity contribution in [3.63, 3.8) is 0 Å². The van der Waals surface area contributed by atoms with Gasteiger partial charge in [0.15, 0.2) is 13.1 Å². The fourth-order valence-electron chi connectivity index (χ4n) is 1.91. The Bertz CT molecular complexity index is 518. The van der Waals surface area contributed by atoms with Crippen LogP contribution in [0.4, 0.5) is 10.1 Å². The summed E-state index contributed by atoms with van der Waals surface area (Å²) in [6.45, 7) is 5.87. The minimum absolute atomic E-state index is 0.0699. The molecule has 0 aliphatic heterocycles. The van der Waals surface area contributed by atoms with Gasteiger partial charge < -0.3 is 15.5 Å². The quantitative estimate of drug-likeness (QED) is 0.698. The number of aryl methyl sites for hydroxylation is 1. The molecule has 116 valence electrons. The minimum Gasteiger partial charge on any atom is -0.349 e. The Morgan fingerprint density at radius 3 is 2.48 bits per heavy atom. The Morgan fingerprint density at radius 1 is 1.24 bits per heavy atom. The molecule has 0 radical (unpaired) electrons. The number of carbonyl (C=O) groups excluding carboxylic acids is 2. The van der Waals surface area contributed by atoms with E-state index in [9.17, 15) is 14.0 Å². The number of quaternary nitrogens is 1. The van der Waals surface area contributed by atoms with Gasteiger partial charge in [-0.1, -0.05) is 6.07 Å². The summed E-state index contributed by atoms with van der Waals surface area (Å²) in [5.41, 5.74) is 1.03. The molecule has 1 aromatic carbocycles. The van der Waals surface area contributed by atoms with Crippen LogP contribution in [0.3, 0.4) is 0 Å². The van der Waals surface area contributed by atoms with Crippen LogP contribution in [0.2, 0.25) is 0 Å². The molecule has 21 heavy (non-hydrogen) atoms. The van der Waals surface area contributed by atoms with Crippen molar-refractivity contribution in [1.82, 2.24) is 5.32 Å². The topological polar surface area (TPSA) is 62.6 Å². The molecule has 0 saturated heterocycles. The van der Waals surface area contributed by atoms with Crippen LogP contribution >= 0.6 is 0 Å². The van der Waals surface area contributed by atoms with E-state index in [0.717, 1.165) is 10.5 Å². The molecule has 0 saturated carbocycles. The highest BCUT2D eigenvalue weighted by Crippen LogP contribution is 2.15.